The highest BCUT2D eigenvalue weighted by Crippen LogP contribution is 2.30. The van der Waals surface area contributed by atoms with Crippen molar-refractivity contribution in [2.24, 2.45) is 0 Å². The number of hydrogen-bond donors (Lipinski definition) is 1. The van der Waals surface area contributed by atoms with Gasteiger partial charge in [-0.15, -0.1) is 0 Å². The van der Waals surface area contributed by atoms with Crippen LogP contribution in [-0.4, -0.2) is 42.5 Å². The SMILES string of the molecule is CC(C)N1CCC(Nc2ccccc2N2CCCC2=O)C1. The largest absolute Gasteiger partial charge is 0.379 e. The Morgan fingerprint density at radius 2 is 2.05 bits per heavy atom. The minimum Gasteiger partial charge on any atom is -0.379 e. The van der Waals surface area contributed by atoms with Gasteiger partial charge in [-0.05, 0) is 38.8 Å². The molecule has 1 amide bonds. The normalized spacial score (nSPS) is 23.3. The third-order valence-electron chi connectivity index (χ3n) is 4.58. The molecule has 0 saturated carbocycles. The van der Waals surface area contributed by atoms with Gasteiger partial charge in [-0.25, -0.2) is 0 Å². The number of hydrogen-bond acceptors (Lipinski definition) is 3. The van der Waals surface area contributed by atoms with E-state index in [9.17, 15) is 4.79 Å². The fraction of sp³-hybridized carbons (Fsp3) is 0.588. The Kier molecular flexibility index (Phi) is 4.15. The van der Waals surface area contributed by atoms with Gasteiger partial charge in [-0.2, -0.15) is 0 Å². The Bertz CT molecular complexity index is 515. The van der Waals surface area contributed by atoms with Crippen molar-refractivity contribution < 1.29 is 4.79 Å². The highest BCUT2D eigenvalue weighted by Gasteiger charge is 2.27. The molecule has 1 atom stereocenters. The summed E-state index contributed by atoms with van der Waals surface area (Å²) in [6.07, 6.45) is 2.82. The van der Waals surface area contributed by atoms with Crippen molar-refractivity contribution in [3.8, 4) is 0 Å². The number of nitrogens with zero attached hydrogens (tertiary/aromatic N) is 2. The van der Waals surface area contributed by atoms with Crippen LogP contribution >= 0.6 is 0 Å². The van der Waals surface area contributed by atoms with E-state index in [0.29, 0.717) is 18.5 Å². The first-order valence-electron chi connectivity index (χ1n) is 8.05. The molecule has 2 heterocycles. The molecule has 0 aromatic heterocycles. The average Bonchev–Trinajstić information content (AvgIpc) is 3.09. The zero-order valence-corrected chi connectivity index (χ0v) is 13.0. The lowest BCUT2D eigenvalue weighted by Gasteiger charge is -2.24. The van der Waals surface area contributed by atoms with Crippen molar-refractivity contribution in [1.29, 1.82) is 0 Å². The van der Waals surface area contributed by atoms with E-state index in [1.807, 2.05) is 17.0 Å². The summed E-state index contributed by atoms with van der Waals surface area (Å²) in [6, 6.07) is 9.29. The van der Waals surface area contributed by atoms with Gasteiger partial charge in [0.15, 0.2) is 0 Å². The number of carbonyl (C=O) groups is 1. The molecular weight excluding hydrogens is 262 g/mol. The van der Waals surface area contributed by atoms with Crippen LogP contribution in [0.15, 0.2) is 24.3 Å². The summed E-state index contributed by atoms with van der Waals surface area (Å²) < 4.78 is 0. The Labute approximate surface area is 127 Å². The number of nitrogens with one attached hydrogen (secondary N) is 1. The van der Waals surface area contributed by atoms with Crippen molar-refractivity contribution >= 4 is 17.3 Å². The summed E-state index contributed by atoms with van der Waals surface area (Å²) in [5.41, 5.74) is 2.14. The van der Waals surface area contributed by atoms with Crippen molar-refractivity contribution in [3.05, 3.63) is 24.3 Å². The lowest BCUT2D eigenvalue weighted by Crippen LogP contribution is -2.32. The molecule has 4 nitrogen and oxygen atoms in total. The maximum absolute atomic E-state index is 12.0. The van der Waals surface area contributed by atoms with E-state index in [4.69, 9.17) is 0 Å². The minimum atomic E-state index is 0.250. The quantitative estimate of drug-likeness (QED) is 0.925. The Hall–Kier alpha value is -1.55. The summed E-state index contributed by atoms with van der Waals surface area (Å²) >= 11 is 0. The van der Waals surface area contributed by atoms with Gasteiger partial charge in [0.05, 0.1) is 11.4 Å². The van der Waals surface area contributed by atoms with Crippen LogP contribution in [0.25, 0.3) is 0 Å². The number of anilines is 2. The van der Waals surface area contributed by atoms with E-state index in [2.05, 4.69) is 36.2 Å². The highest BCUT2D eigenvalue weighted by molar-refractivity contribution is 5.98. The topological polar surface area (TPSA) is 35.6 Å². The lowest BCUT2D eigenvalue weighted by molar-refractivity contribution is -0.117. The van der Waals surface area contributed by atoms with E-state index in [1.54, 1.807) is 0 Å². The molecule has 2 aliphatic heterocycles. The van der Waals surface area contributed by atoms with Crippen molar-refractivity contribution in [1.82, 2.24) is 4.90 Å². The molecule has 3 rings (SSSR count). The van der Waals surface area contributed by atoms with Crippen molar-refractivity contribution in [2.75, 3.05) is 29.9 Å². The van der Waals surface area contributed by atoms with E-state index in [-0.39, 0.29) is 5.91 Å². The number of benzene rings is 1. The lowest BCUT2D eigenvalue weighted by atomic mass is 10.2. The molecule has 0 bridgehead atoms. The first-order chi connectivity index (χ1) is 10.1. The van der Waals surface area contributed by atoms with Crippen LogP contribution in [0, 0.1) is 0 Å². The van der Waals surface area contributed by atoms with Crippen LogP contribution in [0.4, 0.5) is 11.4 Å². The second-order valence-corrected chi connectivity index (χ2v) is 6.38. The van der Waals surface area contributed by atoms with Crippen LogP contribution < -0.4 is 10.2 Å². The third-order valence-corrected chi connectivity index (χ3v) is 4.58. The molecule has 1 unspecified atom stereocenters. The summed E-state index contributed by atoms with van der Waals surface area (Å²) in [5.74, 6) is 0.250. The van der Waals surface area contributed by atoms with Crippen LogP contribution in [0.5, 0.6) is 0 Å². The van der Waals surface area contributed by atoms with Crippen molar-refractivity contribution in [2.45, 2.75) is 45.2 Å². The second-order valence-electron chi connectivity index (χ2n) is 6.38. The molecule has 2 saturated heterocycles. The van der Waals surface area contributed by atoms with Gasteiger partial charge < -0.3 is 10.2 Å². The minimum absolute atomic E-state index is 0.250. The van der Waals surface area contributed by atoms with E-state index >= 15 is 0 Å². The number of rotatable bonds is 4. The van der Waals surface area contributed by atoms with Crippen LogP contribution in [0.1, 0.15) is 33.1 Å². The molecule has 1 aromatic rings. The maximum Gasteiger partial charge on any atom is 0.227 e. The number of amides is 1. The molecule has 1 N–H and O–H groups in total. The van der Waals surface area contributed by atoms with Gasteiger partial charge in [0.2, 0.25) is 5.91 Å². The summed E-state index contributed by atoms with van der Waals surface area (Å²) in [7, 11) is 0. The molecule has 21 heavy (non-hydrogen) atoms. The van der Waals surface area contributed by atoms with Gasteiger partial charge >= 0.3 is 0 Å². The summed E-state index contributed by atoms with van der Waals surface area (Å²) in [4.78, 5) is 16.4. The molecule has 0 aliphatic carbocycles. The predicted molar refractivity (Wildman–Crippen MR) is 86.8 cm³/mol. The Morgan fingerprint density at radius 1 is 1.24 bits per heavy atom. The number of para-hydroxylation sites is 2. The van der Waals surface area contributed by atoms with E-state index < -0.39 is 0 Å². The van der Waals surface area contributed by atoms with Gasteiger partial charge in [0, 0.05) is 38.1 Å². The zero-order valence-electron chi connectivity index (χ0n) is 13.0. The fourth-order valence-corrected chi connectivity index (χ4v) is 3.33. The van der Waals surface area contributed by atoms with Crippen LogP contribution in [0.2, 0.25) is 0 Å². The molecule has 4 heteroatoms. The molecule has 0 radical (unpaired) electrons. The molecule has 2 aliphatic rings. The number of carbonyl (C=O) groups excluding carboxylic acids is 1. The monoisotopic (exact) mass is 287 g/mol. The fourth-order valence-electron chi connectivity index (χ4n) is 3.33. The first kappa shape index (κ1) is 14.4. The molecular formula is C17H25N3O. The zero-order chi connectivity index (χ0) is 14.8. The summed E-state index contributed by atoms with van der Waals surface area (Å²) in [5, 5.41) is 3.66. The Morgan fingerprint density at radius 3 is 2.71 bits per heavy atom. The molecule has 2 fully saturated rings. The van der Waals surface area contributed by atoms with Crippen molar-refractivity contribution in [3.63, 3.8) is 0 Å². The smallest absolute Gasteiger partial charge is 0.227 e. The Balaban J connectivity index is 1.73. The maximum atomic E-state index is 12.0. The van der Waals surface area contributed by atoms with Gasteiger partial charge in [-0.1, -0.05) is 12.1 Å². The standard InChI is InChI=1S/C17H25N3O/c1-13(2)19-11-9-14(12-19)18-15-6-3-4-7-16(15)20-10-5-8-17(20)21/h3-4,6-7,13-14,18H,5,8-12H2,1-2H3. The third kappa shape index (κ3) is 3.05. The molecule has 1 aromatic carbocycles. The van der Waals surface area contributed by atoms with Gasteiger partial charge in [0.1, 0.15) is 0 Å². The number of likely N-dealkylation sites (tertiary alicyclic amines) is 1. The van der Waals surface area contributed by atoms with Crippen LogP contribution in [0.3, 0.4) is 0 Å². The van der Waals surface area contributed by atoms with E-state index in [1.165, 1.54) is 6.42 Å². The first-order valence-corrected chi connectivity index (χ1v) is 8.05. The van der Waals surface area contributed by atoms with Gasteiger partial charge in [0.25, 0.3) is 0 Å². The molecule has 0 spiro atoms. The van der Waals surface area contributed by atoms with Crippen LogP contribution in [-0.2, 0) is 4.79 Å². The average molecular weight is 287 g/mol. The highest BCUT2D eigenvalue weighted by atomic mass is 16.2. The van der Waals surface area contributed by atoms with E-state index in [0.717, 1.165) is 37.4 Å². The second kappa shape index (κ2) is 6.06. The molecule has 114 valence electrons. The summed E-state index contributed by atoms with van der Waals surface area (Å²) in [6.45, 7) is 7.58. The van der Waals surface area contributed by atoms with Gasteiger partial charge in [-0.3, -0.25) is 9.69 Å². The predicted octanol–water partition coefficient (Wildman–Crippen LogP) is 2.71.